The summed E-state index contributed by atoms with van der Waals surface area (Å²) in [7, 11) is 1.67. The van der Waals surface area contributed by atoms with Crippen LogP contribution in [0.1, 0.15) is 24.5 Å². The first-order valence-corrected chi connectivity index (χ1v) is 11.4. The van der Waals surface area contributed by atoms with Crippen molar-refractivity contribution in [1.82, 2.24) is 0 Å². The van der Waals surface area contributed by atoms with Gasteiger partial charge in [0.05, 0.1) is 30.6 Å². The minimum absolute atomic E-state index is 0.106. The Hall–Kier alpha value is -3.66. The zero-order valence-corrected chi connectivity index (χ0v) is 19.2. The molecule has 0 spiro atoms. The van der Waals surface area contributed by atoms with Gasteiger partial charge in [0.25, 0.3) is 0 Å². The molecule has 0 N–H and O–H groups in total. The molecule has 0 saturated heterocycles. The van der Waals surface area contributed by atoms with Gasteiger partial charge in [0.15, 0.2) is 0 Å². The van der Waals surface area contributed by atoms with Crippen molar-refractivity contribution in [3.8, 4) is 5.75 Å². The number of ketones is 1. The normalized spacial score (nSPS) is 23.2. The summed E-state index contributed by atoms with van der Waals surface area (Å²) in [6.07, 6.45) is 13.4. The molecule has 0 bridgehead atoms. The molecule has 4 nitrogen and oxygen atoms in total. The summed E-state index contributed by atoms with van der Waals surface area (Å²) in [6, 6.07) is 16.5. The maximum Gasteiger partial charge on any atom is 0.132 e. The standard InChI is InChI=1S/C29H28N2O2/c1-19-7-6-9-22(15-19)28-18-27-25(17-21-8-4-5-10-26(21)30-27)29(16-20(2)32)31(28)23-11-13-24(33-3)14-12-23/h4-15,17-18,21,26,29H,16H2,1-3H3. The number of nitrogens with zero attached hydrogens (tertiary/aromatic N) is 2. The fourth-order valence-electron chi connectivity index (χ4n) is 4.89. The van der Waals surface area contributed by atoms with Gasteiger partial charge in [-0.25, -0.2) is 0 Å². The fourth-order valence-corrected chi connectivity index (χ4v) is 4.89. The molecule has 3 aliphatic rings. The molecule has 3 unspecified atom stereocenters. The summed E-state index contributed by atoms with van der Waals surface area (Å²) in [5.74, 6) is 1.18. The molecule has 0 radical (unpaired) electrons. The number of benzene rings is 2. The highest BCUT2D eigenvalue weighted by Gasteiger charge is 2.37. The number of ether oxygens (including phenoxy) is 1. The van der Waals surface area contributed by atoms with Crippen LogP contribution in [0.25, 0.3) is 5.70 Å². The number of fused-ring (bicyclic) bond motifs is 2. The number of aryl methyl sites for hydroxylation is 1. The SMILES string of the molecule is COc1ccc(N2C(c3cccc(C)c3)=CC3=NC4C=CC=CC4C=C3C2CC(C)=O)cc1. The van der Waals surface area contributed by atoms with E-state index in [0.717, 1.165) is 34.0 Å². The zero-order valence-electron chi connectivity index (χ0n) is 19.2. The zero-order chi connectivity index (χ0) is 22.9. The highest BCUT2D eigenvalue weighted by atomic mass is 16.5. The maximum absolute atomic E-state index is 12.5. The number of methoxy groups -OCH3 is 1. The largest absolute Gasteiger partial charge is 0.497 e. The van der Waals surface area contributed by atoms with Crippen molar-refractivity contribution in [3.05, 3.63) is 102 Å². The van der Waals surface area contributed by atoms with Gasteiger partial charge in [-0.1, -0.05) is 54.1 Å². The number of carbonyl (C=O) groups excluding carboxylic acids is 1. The van der Waals surface area contributed by atoms with Gasteiger partial charge in [0, 0.05) is 18.0 Å². The van der Waals surface area contributed by atoms with Crippen LogP contribution >= 0.6 is 0 Å². The van der Waals surface area contributed by atoms with Crippen molar-refractivity contribution in [3.63, 3.8) is 0 Å². The highest BCUT2D eigenvalue weighted by Crippen LogP contribution is 2.40. The lowest BCUT2D eigenvalue weighted by atomic mass is 9.81. The van der Waals surface area contributed by atoms with Crippen LogP contribution in [0.4, 0.5) is 5.69 Å². The summed E-state index contributed by atoms with van der Waals surface area (Å²) >= 11 is 0. The third-order valence-electron chi connectivity index (χ3n) is 6.45. The first-order valence-electron chi connectivity index (χ1n) is 11.4. The Morgan fingerprint density at radius 1 is 1.09 bits per heavy atom. The van der Waals surface area contributed by atoms with Crippen molar-refractivity contribution in [2.45, 2.75) is 32.4 Å². The molecule has 2 aliphatic heterocycles. The molecule has 5 rings (SSSR count). The van der Waals surface area contributed by atoms with E-state index < -0.39 is 0 Å². The molecule has 0 saturated carbocycles. The number of allylic oxidation sites excluding steroid dienone is 3. The second-order valence-electron chi connectivity index (χ2n) is 8.86. The smallest absolute Gasteiger partial charge is 0.132 e. The molecule has 2 heterocycles. The van der Waals surface area contributed by atoms with E-state index in [1.165, 1.54) is 5.56 Å². The van der Waals surface area contributed by atoms with Gasteiger partial charge in [-0.15, -0.1) is 0 Å². The minimum Gasteiger partial charge on any atom is -0.497 e. The lowest BCUT2D eigenvalue weighted by molar-refractivity contribution is -0.117. The second-order valence-corrected chi connectivity index (χ2v) is 8.86. The van der Waals surface area contributed by atoms with Crippen LogP contribution in [0.2, 0.25) is 0 Å². The number of hydrogen-bond donors (Lipinski definition) is 0. The number of Topliss-reactive ketones (excluding diaryl/α,β-unsaturated/α-hetero) is 1. The van der Waals surface area contributed by atoms with Gasteiger partial charge in [-0.2, -0.15) is 0 Å². The molecule has 166 valence electrons. The highest BCUT2D eigenvalue weighted by molar-refractivity contribution is 6.18. The fraction of sp³-hybridized carbons (Fsp3) is 0.241. The molecule has 4 heteroatoms. The lowest BCUT2D eigenvalue weighted by Gasteiger charge is -2.42. The van der Waals surface area contributed by atoms with Crippen LogP contribution in [0, 0.1) is 12.8 Å². The van der Waals surface area contributed by atoms with E-state index in [2.05, 4.69) is 84.7 Å². The number of aliphatic imine (C=N–C) groups is 1. The molecule has 33 heavy (non-hydrogen) atoms. The Morgan fingerprint density at radius 3 is 2.61 bits per heavy atom. The average Bonchev–Trinajstić information content (AvgIpc) is 2.82. The number of carbonyl (C=O) groups is 1. The number of hydrogen-bond acceptors (Lipinski definition) is 4. The van der Waals surface area contributed by atoms with E-state index >= 15 is 0 Å². The van der Waals surface area contributed by atoms with Gasteiger partial charge in [0.1, 0.15) is 11.5 Å². The van der Waals surface area contributed by atoms with Crippen molar-refractivity contribution in [2.24, 2.45) is 10.9 Å². The van der Waals surface area contributed by atoms with E-state index in [0.29, 0.717) is 6.42 Å². The molecular weight excluding hydrogens is 408 g/mol. The predicted molar refractivity (Wildman–Crippen MR) is 135 cm³/mol. The first kappa shape index (κ1) is 21.2. The third kappa shape index (κ3) is 4.09. The molecular formula is C29H28N2O2. The van der Waals surface area contributed by atoms with E-state index in [1.54, 1.807) is 14.0 Å². The average molecular weight is 437 g/mol. The Labute approximate surface area is 195 Å². The Balaban J connectivity index is 1.72. The second kappa shape index (κ2) is 8.70. The van der Waals surface area contributed by atoms with Gasteiger partial charge in [-0.3, -0.25) is 9.79 Å². The van der Waals surface area contributed by atoms with Gasteiger partial charge in [0.2, 0.25) is 0 Å². The predicted octanol–water partition coefficient (Wildman–Crippen LogP) is 5.70. The van der Waals surface area contributed by atoms with Crippen LogP contribution < -0.4 is 9.64 Å². The van der Waals surface area contributed by atoms with Crippen LogP contribution in [0.3, 0.4) is 0 Å². The van der Waals surface area contributed by atoms with Crippen molar-refractivity contribution in [1.29, 1.82) is 0 Å². The Bertz CT molecular complexity index is 1230. The summed E-state index contributed by atoms with van der Waals surface area (Å²) in [4.78, 5) is 19.9. The summed E-state index contributed by atoms with van der Waals surface area (Å²) in [6.45, 7) is 3.77. The van der Waals surface area contributed by atoms with E-state index in [9.17, 15) is 4.79 Å². The molecule has 3 atom stereocenters. The summed E-state index contributed by atoms with van der Waals surface area (Å²) in [5.41, 5.74) is 6.49. The van der Waals surface area contributed by atoms with Crippen molar-refractivity contribution < 1.29 is 9.53 Å². The van der Waals surface area contributed by atoms with Crippen molar-refractivity contribution in [2.75, 3.05) is 12.0 Å². The topological polar surface area (TPSA) is 41.9 Å². The molecule has 0 fully saturated rings. The monoisotopic (exact) mass is 436 g/mol. The third-order valence-corrected chi connectivity index (χ3v) is 6.45. The Morgan fingerprint density at radius 2 is 1.88 bits per heavy atom. The summed E-state index contributed by atoms with van der Waals surface area (Å²) < 4.78 is 5.39. The van der Waals surface area contributed by atoms with Gasteiger partial charge in [-0.05, 0) is 61.4 Å². The quantitative estimate of drug-likeness (QED) is 0.603. The molecule has 2 aromatic rings. The summed E-state index contributed by atoms with van der Waals surface area (Å²) in [5, 5.41) is 0. The van der Waals surface area contributed by atoms with E-state index in [4.69, 9.17) is 9.73 Å². The van der Waals surface area contributed by atoms with Crippen LogP contribution in [-0.2, 0) is 4.79 Å². The van der Waals surface area contributed by atoms with E-state index in [-0.39, 0.29) is 23.8 Å². The number of dihydropyridines is 1. The molecule has 0 aromatic heterocycles. The van der Waals surface area contributed by atoms with Crippen LogP contribution in [0.15, 0.2) is 95.6 Å². The Kier molecular flexibility index (Phi) is 5.59. The van der Waals surface area contributed by atoms with Gasteiger partial charge < -0.3 is 9.64 Å². The minimum atomic E-state index is -0.129. The van der Waals surface area contributed by atoms with E-state index in [1.807, 2.05) is 12.1 Å². The van der Waals surface area contributed by atoms with Crippen LogP contribution in [-0.4, -0.2) is 30.7 Å². The lowest BCUT2D eigenvalue weighted by Crippen LogP contribution is -2.44. The first-order chi connectivity index (χ1) is 16.0. The molecule has 1 aliphatic carbocycles. The number of rotatable bonds is 5. The van der Waals surface area contributed by atoms with Gasteiger partial charge >= 0.3 is 0 Å². The number of anilines is 1. The van der Waals surface area contributed by atoms with Crippen molar-refractivity contribution >= 4 is 22.9 Å². The van der Waals surface area contributed by atoms with Crippen LogP contribution in [0.5, 0.6) is 5.75 Å². The molecule has 2 aromatic carbocycles. The molecule has 0 amide bonds. The maximum atomic E-state index is 12.5.